The van der Waals surface area contributed by atoms with Gasteiger partial charge >= 0.3 is 6.18 Å². The molecule has 1 aromatic carbocycles. The van der Waals surface area contributed by atoms with Crippen LogP contribution in [0.4, 0.5) is 13.2 Å². The number of alkyl halides is 3. The van der Waals surface area contributed by atoms with E-state index in [0.717, 1.165) is 36.6 Å². The van der Waals surface area contributed by atoms with Crippen LogP contribution in [-0.2, 0) is 6.18 Å². The second-order valence-electron chi connectivity index (χ2n) is 12.0. The predicted molar refractivity (Wildman–Crippen MR) is 172 cm³/mol. The zero-order valence-corrected chi connectivity index (χ0v) is 27.6. The molecule has 2 aromatic heterocycles. The third-order valence-corrected chi connectivity index (χ3v) is 11.6. The van der Waals surface area contributed by atoms with Gasteiger partial charge in [0.1, 0.15) is 0 Å². The van der Waals surface area contributed by atoms with Crippen LogP contribution in [0.25, 0.3) is 0 Å². The van der Waals surface area contributed by atoms with Crippen LogP contribution in [-0.4, -0.2) is 55.0 Å². The number of thiophene rings is 2. The van der Waals surface area contributed by atoms with Gasteiger partial charge in [0.15, 0.2) is 0 Å². The lowest BCUT2D eigenvalue weighted by Gasteiger charge is -2.43. The molecule has 0 radical (unpaired) electrons. The third-order valence-electron chi connectivity index (χ3n) is 9.34. The quantitative estimate of drug-likeness (QED) is 0.256. The fourth-order valence-corrected chi connectivity index (χ4v) is 8.84. The lowest BCUT2D eigenvalue weighted by molar-refractivity contribution is -0.137. The van der Waals surface area contributed by atoms with Crippen molar-refractivity contribution in [3.63, 3.8) is 0 Å². The first kappa shape index (κ1) is 33.9. The molecule has 11 heteroatoms. The number of amides is 1. The van der Waals surface area contributed by atoms with Gasteiger partial charge in [-0.05, 0) is 88.9 Å². The predicted octanol–water partition coefficient (Wildman–Crippen LogP) is 8.39. The standard InChI is InChI=1S/C20H22ClF3N2OS.C12H20N2S/c1-26(2)19(10-3-4-11-19)17(15-9-6-12-28-15)25-18(27)13-7-5-8-14(16(13)21)20(22,23)24;1-14(2)12(7-3-4-8-12)11(13)10-6-5-9-15-10/h5-9,12,17H,3-4,10-11H2,1-2H3,(H,25,27);5-6,9,11H,3-4,7-8,13H2,1-2H3. The van der Waals surface area contributed by atoms with Gasteiger partial charge < -0.3 is 20.9 Å². The molecule has 0 bridgehead atoms. The number of nitrogens with two attached hydrogens (primary N) is 1. The van der Waals surface area contributed by atoms with Crippen molar-refractivity contribution in [3.8, 4) is 0 Å². The molecule has 2 heterocycles. The van der Waals surface area contributed by atoms with E-state index in [-0.39, 0.29) is 28.7 Å². The number of hydrogen-bond acceptors (Lipinski definition) is 6. The van der Waals surface area contributed by atoms with E-state index in [0.29, 0.717) is 0 Å². The Labute approximate surface area is 266 Å². The van der Waals surface area contributed by atoms with Gasteiger partial charge in [-0.2, -0.15) is 13.2 Å². The Balaban J connectivity index is 0.000000237. The molecule has 236 valence electrons. The molecular weight excluding hydrogens is 613 g/mol. The fourth-order valence-electron chi connectivity index (χ4n) is 6.80. The zero-order chi connectivity index (χ0) is 31.4. The molecule has 2 unspecified atom stereocenters. The Bertz CT molecular complexity index is 1320. The molecule has 5 rings (SSSR count). The van der Waals surface area contributed by atoms with Crippen LogP contribution in [0.2, 0.25) is 5.02 Å². The first-order valence-electron chi connectivity index (χ1n) is 14.7. The molecule has 0 spiro atoms. The Morgan fingerprint density at radius 3 is 1.84 bits per heavy atom. The van der Waals surface area contributed by atoms with E-state index in [1.807, 2.05) is 31.6 Å². The number of benzene rings is 1. The van der Waals surface area contributed by atoms with Gasteiger partial charge in [0.25, 0.3) is 5.91 Å². The molecule has 3 N–H and O–H groups in total. The van der Waals surface area contributed by atoms with Crippen molar-refractivity contribution in [1.82, 2.24) is 15.1 Å². The maximum Gasteiger partial charge on any atom is 0.417 e. The number of rotatable bonds is 8. The van der Waals surface area contributed by atoms with Crippen molar-refractivity contribution in [2.24, 2.45) is 5.73 Å². The maximum atomic E-state index is 13.2. The fraction of sp³-hybridized carbons (Fsp3) is 0.531. The van der Waals surface area contributed by atoms with Gasteiger partial charge in [-0.15, -0.1) is 22.7 Å². The van der Waals surface area contributed by atoms with Gasteiger partial charge in [0.2, 0.25) is 0 Å². The van der Waals surface area contributed by atoms with Gasteiger partial charge in [0, 0.05) is 20.8 Å². The molecular formula is C32H42ClF3N4OS2. The van der Waals surface area contributed by atoms with Crippen LogP contribution in [0.5, 0.6) is 0 Å². The van der Waals surface area contributed by atoms with Crippen LogP contribution < -0.4 is 11.1 Å². The second kappa shape index (κ2) is 14.0. The number of carbonyl (C=O) groups excluding carboxylic acids is 1. The summed E-state index contributed by atoms with van der Waals surface area (Å²) in [5.74, 6) is -0.595. The van der Waals surface area contributed by atoms with Crippen molar-refractivity contribution < 1.29 is 18.0 Å². The highest BCUT2D eigenvalue weighted by atomic mass is 35.5. The number of nitrogens with one attached hydrogen (secondary N) is 1. The Morgan fingerprint density at radius 1 is 0.860 bits per heavy atom. The summed E-state index contributed by atoms with van der Waals surface area (Å²) < 4.78 is 39.5. The van der Waals surface area contributed by atoms with Crippen molar-refractivity contribution in [1.29, 1.82) is 0 Å². The summed E-state index contributed by atoms with van der Waals surface area (Å²) in [5.41, 5.74) is 5.20. The second-order valence-corrected chi connectivity index (χ2v) is 14.3. The topological polar surface area (TPSA) is 61.6 Å². The molecule has 2 atom stereocenters. The van der Waals surface area contributed by atoms with E-state index in [9.17, 15) is 18.0 Å². The first-order valence-corrected chi connectivity index (χ1v) is 16.8. The van der Waals surface area contributed by atoms with E-state index < -0.39 is 22.7 Å². The Hall–Kier alpha value is -1.95. The van der Waals surface area contributed by atoms with E-state index in [4.69, 9.17) is 17.3 Å². The van der Waals surface area contributed by atoms with Crippen molar-refractivity contribution in [3.05, 3.63) is 79.1 Å². The highest BCUT2D eigenvalue weighted by Gasteiger charge is 2.46. The number of halogens is 4. The normalized spacial score (nSPS) is 19.2. The van der Waals surface area contributed by atoms with E-state index >= 15 is 0 Å². The third kappa shape index (κ3) is 7.15. The monoisotopic (exact) mass is 654 g/mol. The average molecular weight is 655 g/mol. The molecule has 2 aliphatic rings. The number of carbonyl (C=O) groups is 1. The molecule has 2 fully saturated rings. The smallest absolute Gasteiger partial charge is 0.342 e. The molecule has 1 amide bonds. The van der Waals surface area contributed by atoms with E-state index in [2.05, 4.69) is 46.7 Å². The van der Waals surface area contributed by atoms with Crippen LogP contribution >= 0.6 is 34.3 Å². The van der Waals surface area contributed by atoms with Crippen molar-refractivity contribution >= 4 is 40.2 Å². The van der Waals surface area contributed by atoms with Crippen LogP contribution in [0.1, 0.15) is 89.1 Å². The summed E-state index contributed by atoms with van der Waals surface area (Å²) >= 11 is 9.28. The Kier molecular flexibility index (Phi) is 11.0. The Morgan fingerprint density at radius 2 is 1.37 bits per heavy atom. The molecule has 2 aliphatic carbocycles. The molecule has 43 heavy (non-hydrogen) atoms. The SMILES string of the molecule is CN(C)C1(C(N)c2cccs2)CCCC1.CN(C)C1(C(NC(=O)c2cccc(C(F)(F)F)c2Cl)c2cccs2)CCCC1. The lowest BCUT2D eigenvalue weighted by atomic mass is 9.85. The van der Waals surface area contributed by atoms with Crippen LogP contribution in [0.15, 0.2) is 53.2 Å². The summed E-state index contributed by atoms with van der Waals surface area (Å²) in [7, 11) is 8.29. The minimum atomic E-state index is -4.61. The lowest BCUT2D eigenvalue weighted by Crippen LogP contribution is -2.53. The van der Waals surface area contributed by atoms with Gasteiger partial charge in [-0.1, -0.05) is 55.5 Å². The summed E-state index contributed by atoms with van der Waals surface area (Å²) in [6.07, 6.45) is 4.38. The van der Waals surface area contributed by atoms with Gasteiger partial charge in [0.05, 0.1) is 28.2 Å². The minimum absolute atomic E-state index is 0.162. The molecule has 3 aromatic rings. The van der Waals surface area contributed by atoms with E-state index in [1.165, 1.54) is 54.0 Å². The number of likely N-dealkylation sites (N-methyl/N-ethyl adjacent to an activating group) is 2. The van der Waals surface area contributed by atoms with Gasteiger partial charge in [-0.3, -0.25) is 4.79 Å². The zero-order valence-electron chi connectivity index (χ0n) is 25.2. The number of hydrogen-bond donors (Lipinski definition) is 2. The van der Waals surface area contributed by atoms with Crippen LogP contribution in [0.3, 0.4) is 0 Å². The highest BCUT2D eigenvalue weighted by Crippen LogP contribution is 2.45. The summed E-state index contributed by atoms with van der Waals surface area (Å²) in [4.78, 5) is 19.8. The highest BCUT2D eigenvalue weighted by molar-refractivity contribution is 7.10. The maximum absolute atomic E-state index is 13.2. The molecule has 0 aliphatic heterocycles. The summed E-state index contributed by atoms with van der Waals surface area (Å²) in [5, 5.41) is 6.48. The van der Waals surface area contributed by atoms with Crippen molar-refractivity contribution in [2.75, 3.05) is 28.2 Å². The van der Waals surface area contributed by atoms with Crippen LogP contribution in [0, 0.1) is 0 Å². The molecule has 2 saturated carbocycles. The average Bonchev–Trinajstić information content (AvgIpc) is 3.78. The minimum Gasteiger partial charge on any atom is -0.342 e. The molecule has 5 nitrogen and oxygen atoms in total. The largest absolute Gasteiger partial charge is 0.417 e. The first-order chi connectivity index (χ1) is 20.3. The van der Waals surface area contributed by atoms with Gasteiger partial charge in [-0.25, -0.2) is 0 Å². The van der Waals surface area contributed by atoms with Crippen molar-refractivity contribution in [2.45, 2.75) is 80.7 Å². The van der Waals surface area contributed by atoms with E-state index in [1.54, 1.807) is 11.3 Å². The number of nitrogens with zero attached hydrogens (tertiary/aromatic N) is 2. The summed E-state index contributed by atoms with van der Waals surface area (Å²) in [6.45, 7) is 0. The molecule has 0 saturated heterocycles. The summed E-state index contributed by atoms with van der Waals surface area (Å²) in [6, 6.07) is 11.4.